The summed E-state index contributed by atoms with van der Waals surface area (Å²) in [5.41, 5.74) is -0.106. The van der Waals surface area contributed by atoms with Gasteiger partial charge < -0.3 is 13.8 Å². The Balaban J connectivity index is 3.06. The summed E-state index contributed by atoms with van der Waals surface area (Å²) in [6.45, 7) is 4.05. The fourth-order valence-corrected chi connectivity index (χ4v) is 3.81. The lowest BCUT2D eigenvalue weighted by Gasteiger charge is -2.30. The summed E-state index contributed by atoms with van der Waals surface area (Å²) in [4.78, 5) is 11.9. The van der Waals surface area contributed by atoms with Gasteiger partial charge in [0.25, 0.3) is 0 Å². The summed E-state index contributed by atoms with van der Waals surface area (Å²) in [6.07, 6.45) is 3.27. The van der Waals surface area contributed by atoms with Crippen molar-refractivity contribution in [3.8, 4) is 0 Å². The Morgan fingerprint density at radius 2 is 2.00 bits per heavy atom. The summed E-state index contributed by atoms with van der Waals surface area (Å²) in [5.74, 6) is -0.161. The third-order valence-electron chi connectivity index (χ3n) is 3.12. The van der Waals surface area contributed by atoms with Crippen molar-refractivity contribution in [2.75, 3.05) is 20.8 Å². The SMILES string of the molecule is CCOC(=O)C1=C[C@H](C)CC[C@@H]1P(=O)(OC)OC. The van der Waals surface area contributed by atoms with Crippen LogP contribution in [0.3, 0.4) is 0 Å². The van der Waals surface area contributed by atoms with E-state index in [1.807, 2.05) is 13.0 Å². The molecule has 2 atom stereocenters. The first-order valence-corrected chi connectivity index (χ1v) is 7.69. The summed E-state index contributed by atoms with van der Waals surface area (Å²) in [5, 5.41) is 0. The van der Waals surface area contributed by atoms with Gasteiger partial charge in [-0.05, 0) is 25.7 Å². The number of rotatable bonds is 5. The molecule has 0 unspecified atom stereocenters. The van der Waals surface area contributed by atoms with Gasteiger partial charge in [0.1, 0.15) is 0 Å². The van der Waals surface area contributed by atoms with E-state index in [2.05, 4.69) is 0 Å². The Morgan fingerprint density at radius 1 is 1.39 bits per heavy atom. The van der Waals surface area contributed by atoms with Gasteiger partial charge in [-0.2, -0.15) is 0 Å². The van der Waals surface area contributed by atoms with Crippen LogP contribution in [0.4, 0.5) is 0 Å². The zero-order chi connectivity index (χ0) is 13.8. The standard InChI is InChI=1S/C12H21O5P/c1-5-17-12(13)10-8-9(2)6-7-11(10)18(14,15-3)16-4/h8-9,11H,5-7H2,1-4H3/t9-,11+/m1/s1. The van der Waals surface area contributed by atoms with Gasteiger partial charge in [0.05, 0.1) is 12.3 Å². The van der Waals surface area contributed by atoms with Crippen molar-refractivity contribution < 1.29 is 23.1 Å². The number of carbonyl (C=O) groups is 1. The minimum absolute atomic E-state index is 0.266. The van der Waals surface area contributed by atoms with Crippen molar-refractivity contribution in [1.29, 1.82) is 0 Å². The van der Waals surface area contributed by atoms with Gasteiger partial charge in [-0.15, -0.1) is 0 Å². The molecule has 0 aromatic heterocycles. The second kappa shape index (κ2) is 6.50. The molecule has 104 valence electrons. The van der Waals surface area contributed by atoms with Gasteiger partial charge in [0.15, 0.2) is 0 Å². The normalized spacial score (nSPS) is 24.6. The fraction of sp³-hybridized carbons (Fsp3) is 0.750. The summed E-state index contributed by atoms with van der Waals surface area (Å²) >= 11 is 0. The van der Waals surface area contributed by atoms with E-state index < -0.39 is 19.2 Å². The van der Waals surface area contributed by atoms with Gasteiger partial charge in [0.2, 0.25) is 0 Å². The Morgan fingerprint density at radius 3 is 2.50 bits per heavy atom. The molecule has 1 aliphatic carbocycles. The molecule has 0 aromatic carbocycles. The molecule has 0 aliphatic heterocycles. The monoisotopic (exact) mass is 276 g/mol. The van der Waals surface area contributed by atoms with E-state index in [9.17, 15) is 9.36 Å². The molecular formula is C12H21O5P. The first kappa shape index (κ1) is 15.4. The number of ether oxygens (including phenoxy) is 1. The van der Waals surface area contributed by atoms with E-state index in [1.165, 1.54) is 14.2 Å². The molecular weight excluding hydrogens is 255 g/mol. The van der Waals surface area contributed by atoms with Gasteiger partial charge >= 0.3 is 13.6 Å². The molecule has 5 nitrogen and oxygen atoms in total. The number of allylic oxidation sites excluding steroid dienone is 1. The highest BCUT2D eigenvalue weighted by atomic mass is 31.2. The maximum Gasteiger partial charge on any atom is 0.337 e. The molecule has 18 heavy (non-hydrogen) atoms. The highest BCUT2D eigenvalue weighted by Crippen LogP contribution is 2.57. The second-order valence-electron chi connectivity index (χ2n) is 4.32. The maximum absolute atomic E-state index is 12.4. The van der Waals surface area contributed by atoms with E-state index >= 15 is 0 Å². The highest BCUT2D eigenvalue weighted by molar-refractivity contribution is 7.55. The van der Waals surface area contributed by atoms with Crippen molar-refractivity contribution in [3.05, 3.63) is 11.6 Å². The van der Waals surface area contributed by atoms with Crippen molar-refractivity contribution in [2.24, 2.45) is 5.92 Å². The van der Waals surface area contributed by atoms with E-state index in [-0.39, 0.29) is 5.92 Å². The predicted octanol–water partition coefficient (Wildman–Crippen LogP) is 2.76. The van der Waals surface area contributed by atoms with Crippen LogP contribution in [0.25, 0.3) is 0 Å². The first-order chi connectivity index (χ1) is 8.48. The topological polar surface area (TPSA) is 61.8 Å². The molecule has 0 amide bonds. The zero-order valence-corrected chi connectivity index (χ0v) is 12.2. The molecule has 1 aliphatic rings. The molecule has 0 fully saturated rings. The van der Waals surface area contributed by atoms with Crippen molar-refractivity contribution >= 4 is 13.6 Å². The molecule has 0 saturated carbocycles. The van der Waals surface area contributed by atoms with Gasteiger partial charge in [-0.3, -0.25) is 4.57 Å². The van der Waals surface area contributed by atoms with Crippen LogP contribution in [0.2, 0.25) is 0 Å². The highest BCUT2D eigenvalue weighted by Gasteiger charge is 2.41. The van der Waals surface area contributed by atoms with Gasteiger partial charge in [-0.1, -0.05) is 13.0 Å². The molecule has 0 N–H and O–H groups in total. The quantitative estimate of drug-likeness (QED) is 0.570. The third kappa shape index (κ3) is 3.22. The number of hydrogen-bond donors (Lipinski definition) is 0. The van der Waals surface area contributed by atoms with Crippen LogP contribution in [0.5, 0.6) is 0 Å². The van der Waals surface area contributed by atoms with Crippen molar-refractivity contribution in [1.82, 2.24) is 0 Å². The summed E-state index contributed by atoms with van der Waals surface area (Å²) < 4.78 is 27.5. The summed E-state index contributed by atoms with van der Waals surface area (Å²) in [7, 11) is -0.609. The molecule has 0 radical (unpaired) electrons. The predicted molar refractivity (Wildman–Crippen MR) is 68.5 cm³/mol. The largest absolute Gasteiger partial charge is 0.463 e. The first-order valence-electron chi connectivity index (χ1n) is 6.08. The van der Waals surface area contributed by atoms with Crippen LogP contribution in [0.1, 0.15) is 26.7 Å². The third-order valence-corrected chi connectivity index (χ3v) is 5.44. The lowest BCUT2D eigenvalue weighted by Crippen LogP contribution is -2.26. The van der Waals surface area contributed by atoms with Crippen LogP contribution in [0.15, 0.2) is 11.6 Å². The lowest BCUT2D eigenvalue weighted by atomic mass is 9.91. The molecule has 0 spiro atoms. The molecule has 1 rings (SSSR count). The van der Waals surface area contributed by atoms with Crippen molar-refractivity contribution in [3.63, 3.8) is 0 Å². The van der Waals surface area contributed by atoms with Crippen LogP contribution in [-0.4, -0.2) is 32.5 Å². The van der Waals surface area contributed by atoms with E-state index in [0.29, 0.717) is 18.6 Å². The Kier molecular flexibility index (Phi) is 5.57. The van der Waals surface area contributed by atoms with Gasteiger partial charge in [0, 0.05) is 19.8 Å². The van der Waals surface area contributed by atoms with E-state index in [0.717, 1.165) is 6.42 Å². The molecule has 0 saturated heterocycles. The van der Waals surface area contributed by atoms with Crippen molar-refractivity contribution in [2.45, 2.75) is 32.3 Å². The zero-order valence-electron chi connectivity index (χ0n) is 11.3. The van der Waals surface area contributed by atoms with E-state index in [1.54, 1.807) is 6.92 Å². The number of hydrogen-bond acceptors (Lipinski definition) is 5. The maximum atomic E-state index is 12.4. The second-order valence-corrected chi connectivity index (χ2v) is 6.75. The number of esters is 1. The average molecular weight is 276 g/mol. The minimum Gasteiger partial charge on any atom is -0.463 e. The Hall–Kier alpha value is -0.640. The lowest BCUT2D eigenvalue weighted by molar-refractivity contribution is -0.138. The van der Waals surface area contributed by atoms with Gasteiger partial charge in [-0.25, -0.2) is 4.79 Å². The molecule has 6 heteroatoms. The minimum atomic E-state index is -3.29. The average Bonchev–Trinajstić information content (AvgIpc) is 2.38. The smallest absolute Gasteiger partial charge is 0.337 e. The van der Waals surface area contributed by atoms with Crippen LogP contribution < -0.4 is 0 Å². The molecule has 0 aromatic rings. The van der Waals surface area contributed by atoms with Crippen LogP contribution in [-0.2, 0) is 23.1 Å². The number of carbonyl (C=O) groups excluding carboxylic acids is 1. The van der Waals surface area contributed by atoms with E-state index in [4.69, 9.17) is 13.8 Å². The van der Waals surface area contributed by atoms with Crippen LogP contribution >= 0.6 is 7.60 Å². The van der Waals surface area contributed by atoms with Crippen LogP contribution in [0, 0.1) is 5.92 Å². The Bertz CT molecular complexity index is 369. The molecule has 0 bridgehead atoms. The molecule has 0 heterocycles. The Labute approximate surface area is 108 Å². The fourth-order valence-electron chi connectivity index (χ4n) is 2.15. The summed E-state index contributed by atoms with van der Waals surface area (Å²) in [6, 6.07) is 0.